The molecule has 26 heavy (non-hydrogen) atoms. The van der Waals surface area contributed by atoms with Gasteiger partial charge >= 0.3 is 0 Å². The monoisotopic (exact) mass is 351 g/mol. The van der Waals surface area contributed by atoms with Gasteiger partial charge in [-0.3, -0.25) is 4.68 Å². The highest BCUT2D eigenvalue weighted by Crippen LogP contribution is 2.32. The van der Waals surface area contributed by atoms with Crippen molar-refractivity contribution >= 4 is 0 Å². The second-order valence-corrected chi connectivity index (χ2v) is 6.90. The van der Waals surface area contributed by atoms with Crippen molar-refractivity contribution in [2.75, 3.05) is 13.2 Å². The van der Waals surface area contributed by atoms with Crippen LogP contribution in [0, 0.1) is 5.92 Å². The van der Waals surface area contributed by atoms with Crippen LogP contribution in [0.15, 0.2) is 55.1 Å². The number of hydrogen-bond donors (Lipinski definition) is 1. The van der Waals surface area contributed by atoms with Crippen LogP contribution in [-0.2, 0) is 24.9 Å². The van der Waals surface area contributed by atoms with E-state index in [4.69, 9.17) is 4.74 Å². The molecule has 0 saturated carbocycles. The van der Waals surface area contributed by atoms with Crippen LogP contribution in [0.5, 0.6) is 0 Å². The smallest absolute Gasteiger partial charge is 0.137 e. The van der Waals surface area contributed by atoms with Gasteiger partial charge in [0.05, 0.1) is 12.7 Å². The Morgan fingerprint density at radius 2 is 2.12 bits per heavy atom. The summed E-state index contributed by atoms with van der Waals surface area (Å²) < 4.78 is 9.96. The Morgan fingerprint density at radius 1 is 1.23 bits per heavy atom. The zero-order chi connectivity index (χ0) is 17.8. The summed E-state index contributed by atoms with van der Waals surface area (Å²) in [6.45, 7) is 3.34. The topological polar surface area (TPSA) is 56.9 Å². The van der Waals surface area contributed by atoms with Crippen molar-refractivity contribution in [3.63, 3.8) is 0 Å². The molecule has 0 amide bonds. The van der Waals surface area contributed by atoms with Gasteiger partial charge in [-0.1, -0.05) is 30.3 Å². The van der Waals surface area contributed by atoms with Crippen molar-refractivity contribution in [1.82, 2.24) is 24.6 Å². The predicted octanol–water partition coefficient (Wildman–Crippen LogP) is 2.53. The molecule has 2 atom stereocenters. The molecular formula is C20H25N5O. The van der Waals surface area contributed by atoms with E-state index < -0.39 is 0 Å². The molecule has 0 aliphatic carbocycles. The van der Waals surface area contributed by atoms with Crippen LogP contribution in [0.25, 0.3) is 0 Å². The number of benzene rings is 1. The molecule has 1 fully saturated rings. The van der Waals surface area contributed by atoms with Crippen LogP contribution in [0.4, 0.5) is 0 Å². The van der Waals surface area contributed by atoms with Crippen molar-refractivity contribution in [2.24, 2.45) is 13.0 Å². The van der Waals surface area contributed by atoms with Gasteiger partial charge < -0.3 is 14.6 Å². The largest absolute Gasteiger partial charge is 0.370 e. The van der Waals surface area contributed by atoms with Gasteiger partial charge in [-0.15, -0.1) is 0 Å². The van der Waals surface area contributed by atoms with Gasteiger partial charge in [0.15, 0.2) is 0 Å². The van der Waals surface area contributed by atoms with E-state index in [-0.39, 0.29) is 6.10 Å². The first-order valence-corrected chi connectivity index (χ1v) is 9.14. The molecule has 136 valence electrons. The van der Waals surface area contributed by atoms with Crippen LogP contribution < -0.4 is 5.32 Å². The summed E-state index contributed by atoms with van der Waals surface area (Å²) in [5, 5.41) is 8.03. The molecule has 6 heteroatoms. The van der Waals surface area contributed by atoms with Crippen molar-refractivity contribution in [3.05, 3.63) is 72.1 Å². The number of imidazole rings is 1. The third-order valence-electron chi connectivity index (χ3n) is 4.94. The Hall–Kier alpha value is -2.44. The molecule has 1 N–H and O–H groups in total. The normalized spacial score (nSPS) is 19.9. The fraction of sp³-hybridized carbons (Fsp3) is 0.400. The molecule has 3 heterocycles. The van der Waals surface area contributed by atoms with Gasteiger partial charge in [0.2, 0.25) is 0 Å². The molecule has 3 aromatic rings. The summed E-state index contributed by atoms with van der Waals surface area (Å²) in [5.74, 6) is 1.47. The van der Waals surface area contributed by atoms with E-state index in [0.29, 0.717) is 5.92 Å². The number of rotatable bonds is 7. The maximum Gasteiger partial charge on any atom is 0.137 e. The number of aryl methyl sites for hydroxylation is 1. The van der Waals surface area contributed by atoms with E-state index >= 15 is 0 Å². The summed E-state index contributed by atoms with van der Waals surface area (Å²) in [4.78, 5) is 4.45. The zero-order valence-electron chi connectivity index (χ0n) is 15.1. The number of ether oxygens (including phenoxy) is 1. The second-order valence-electron chi connectivity index (χ2n) is 6.90. The van der Waals surface area contributed by atoms with Crippen molar-refractivity contribution in [1.29, 1.82) is 0 Å². The third kappa shape index (κ3) is 3.86. The molecule has 0 bridgehead atoms. The van der Waals surface area contributed by atoms with Gasteiger partial charge in [-0.25, -0.2) is 4.98 Å². The molecule has 1 aliphatic heterocycles. The van der Waals surface area contributed by atoms with Crippen LogP contribution in [0.3, 0.4) is 0 Å². The predicted molar refractivity (Wildman–Crippen MR) is 99.5 cm³/mol. The van der Waals surface area contributed by atoms with Crippen LogP contribution >= 0.6 is 0 Å². The standard InChI is InChI=1S/C20H25N5O/c1-24-9-8-22-20(24)19-18(7-10-26-19)13-21-11-17-12-23-25(15-17)14-16-5-3-2-4-6-16/h2-6,8-9,12,15,18-19,21H,7,10-11,13-14H2,1H3/t18-,19+/m0/s1. The first-order valence-electron chi connectivity index (χ1n) is 9.14. The zero-order valence-corrected chi connectivity index (χ0v) is 15.1. The molecule has 2 aromatic heterocycles. The molecule has 1 aromatic carbocycles. The van der Waals surface area contributed by atoms with E-state index in [2.05, 4.69) is 50.4 Å². The van der Waals surface area contributed by atoms with Crippen LogP contribution in [-0.4, -0.2) is 32.5 Å². The summed E-state index contributed by atoms with van der Waals surface area (Å²) in [5.41, 5.74) is 2.46. The highest BCUT2D eigenvalue weighted by molar-refractivity contribution is 5.15. The minimum Gasteiger partial charge on any atom is -0.370 e. The van der Waals surface area contributed by atoms with Crippen LogP contribution in [0.2, 0.25) is 0 Å². The average molecular weight is 351 g/mol. The Bertz CT molecular complexity index is 826. The maximum absolute atomic E-state index is 5.92. The Kier molecular flexibility index (Phi) is 5.13. The molecular weight excluding hydrogens is 326 g/mol. The summed E-state index contributed by atoms with van der Waals surface area (Å²) in [7, 11) is 2.02. The summed E-state index contributed by atoms with van der Waals surface area (Å²) in [6, 6.07) is 10.4. The van der Waals surface area contributed by atoms with Crippen molar-refractivity contribution in [3.8, 4) is 0 Å². The van der Waals surface area contributed by atoms with Gasteiger partial charge in [0.1, 0.15) is 11.9 Å². The first-order chi connectivity index (χ1) is 12.8. The Balaban J connectivity index is 1.29. The molecule has 0 spiro atoms. The second kappa shape index (κ2) is 7.85. The molecule has 4 rings (SSSR count). The number of nitrogens with one attached hydrogen (secondary N) is 1. The van der Waals surface area contributed by atoms with Gasteiger partial charge in [0.25, 0.3) is 0 Å². The lowest BCUT2D eigenvalue weighted by atomic mass is 10.0. The number of nitrogens with zero attached hydrogens (tertiary/aromatic N) is 4. The van der Waals surface area contributed by atoms with Gasteiger partial charge in [0, 0.05) is 56.8 Å². The average Bonchev–Trinajstić information content (AvgIpc) is 3.38. The van der Waals surface area contributed by atoms with E-state index in [9.17, 15) is 0 Å². The fourth-order valence-electron chi connectivity index (χ4n) is 3.54. The lowest BCUT2D eigenvalue weighted by Gasteiger charge is -2.18. The minimum atomic E-state index is 0.0864. The quantitative estimate of drug-likeness (QED) is 0.711. The molecule has 0 radical (unpaired) electrons. The van der Waals surface area contributed by atoms with E-state index in [1.165, 1.54) is 11.1 Å². The van der Waals surface area contributed by atoms with E-state index in [1.54, 1.807) is 0 Å². The molecule has 1 aliphatic rings. The maximum atomic E-state index is 5.92. The van der Waals surface area contributed by atoms with E-state index in [0.717, 1.165) is 38.5 Å². The third-order valence-corrected chi connectivity index (χ3v) is 4.94. The summed E-state index contributed by atoms with van der Waals surface area (Å²) in [6.07, 6.45) is 9.02. The lowest BCUT2D eigenvalue weighted by Crippen LogP contribution is -2.25. The minimum absolute atomic E-state index is 0.0864. The molecule has 6 nitrogen and oxygen atoms in total. The van der Waals surface area contributed by atoms with E-state index in [1.807, 2.05) is 36.4 Å². The lowest BCUT2D eigenvalue weighted by molar-refractivity contribution is 0.0811. The Morgan fingerprint density at radius 3 is 2.92 bits per heavy atom. The highest BCUT2D eigenvalue weighted by atomic mass is 16.5. The summed E-state index contributed by atoms with van der Waals surface area (Å²) >= 11 is 0. The molecule has 0 unspecified atom stereocenters. The van der Waals surface area contributed by atoms with Crippen molar-refractivity contribution in [2.45, 2.75) is 25.6 Å². The highest BCUT2D eigenvalue weighted by Gasteiger charge is 2.31. The van der Waals surface area contributed by atoms with Crippen molar-refractivity contribution < 1.29 is 4.74 Å². The van der Waals surface area contributed by atoms with Gasteiger partial charge in [-0.2, -0.15) is 5.10 Å². The Labute approximate surface area is 153 Å². The number of hydrogen-bond acceptors (Lipinski definition) is 4. The number of aromatic nitrogens is 4. The molecule has 1 saturated heterocycles. The van der Waals surface area contributed by atoms with Gasteiger partial charge in [-0.05, 0) is 12.0 Å². The SMILES string of the molecule is Cn1ccnc1[C@@H]1OCC[C@H]1CNCc1cnn(Cc2ccccc2)c1. The van der Waals surface area contributed by atoms with Crippen LogP contribution in [0.1, 0.15) is 29.5 Å². The fourth-order valence-corrected chi connectivity index (χ4v) is 3.54. The first kappa shape index (κ1) is 17.0.